The summed E-state index contributed by atoms with van der Waals surface area (Å²) in [7, 11) is 0. The number of hydrogen-bond acceptors (Lipinski definition) is 2. The van der Waals surface area contributed by atoms with Crippen molar-refractivity contribution in [2.75, 3.05) is 19.8 Å². The van der Waals surface area contributed by atoms with E-state index in [0.717, 1.165) is 18.5 Å². The Morgan fingerprint density at radius 1 is 1.33 bits per heavy atom. The molecular weight excluding hydrogens is 347 g/mol. The van der Waals surface area contributed by atoms with Crippen LogP contribution in [0, 0.1) is 5.82 Å². The van der Waals surface area contributed by atoms with Crippen molar-refractivity contribution < 1.29 is 17.9 Å². The normalized spacial score (nSPS) is 12.9. The van der Waals surface area contributed by atoms with Crippen LogP contribution < -0.4 is 5.32 Å². The van der Waals surface area contributed by atoms with Crippen LogP contribution >= 0.6 is 15.9 Å². The van der Waals surface area contributed by atoms with Gasteiger partial charge < -0.3 is 10.1 Å². The molecule has 120 valence electrons. The van der Waals surface area contributed by atoms with E-state index in [0.29, 0.717) is 17.3 Å². The van der Waals surface area contributed by atoms with Crippen LogP contribution in [0.2, 0.25) is 0 Å². The molecule has 0 spiro atoms. The zero-order valence-electron chi connectivity index (χ0n) is 12.0. The van der Waals surface area contributed by atoms with E-state index in [1.165, 1.54) is 6.07 Å². The molecule has 0 fully saturated rings. The Kier molecular flexibility index (Phi) is 8.96. The van der Waals surface area contributed by atoms with E-state index < -0.39 is 13.0 Å². The Bertz CT molecular complexity index is 418. The molecule has 0 saturated carbocycles. The lowest BCUT2D eigenvalue weighted by molar-refractivity contribution is 0.0144. The van der Waals surface area contributed by atoms with E-state index in [4.69, 9.17) is 4.74 Å². The SMILES string of the molecule is CCCNC(CCOCC(F)F)Cc1ccc(F)c(Br)c1. The molecule has 21 heavy (non-hydrogen) atoms. The monoisotopic (exact) mass is 367 g/mol. The molecule has 0 aliphatic carbocycles. The van der Waals surface area contributed by atoms with Crippen LogP contribution in [0.25, 0.3) is 0 Å². The Labute approximate surface area is 132 Å². The minimum atomic E-state index is -2.43. The smallest absolute Gasteiger partial charge is 0.261 e. The van der Waals surface area contributed by atoms with Gasteiger partial charge in [0.15, 0.2) is 0 Å². The number of benzene rings is 1. The van der Waals surface area contributed by atoms with E-state index >= 15 is 0 Å². The lowest BCUT2D eigenvalue weighted by atomic mass is 10.0. The largest absolute Gasteiger partial charge is 0.375 e. The minimum absolute atomic E-state index is 0.125. The summed E-state index contributed by atoms with van der Waals surface area (Å²) in [5, 5.41) is 3.36. The predicted octanol–water partition coefficient (Wildman–Crippen LogP) is 4.17. The molecule has 1 atom stereocenters. The average molecular weight is 368 g/mol. The summed E-state index contributed by atoms with van der Waals surface area (Å²) >= 11 is 3.16. The lowest BCUT2D eigenvalue weighted by Gasteiger charge is -2.19. The third kappa shape index (κ3) is 7.83. The van der Waals surface area contributed by atoms with Crippen LogP contribution in [0.5, 0.6) is 0 Å². The summed E-state index contributed by atoms with van der Waals surface area (Å²) in [6.45, 7) is 2.67. The van der Waals surface area contributed by atoms with Gasteiger partial charge in [-0.25, -0.2) is 13.2 Å². The Hall–Kier alpha value is -0.590. The second-order valence-corrected chi connectivity index (χ2v) is 5.71. The van der Waals surface area contributed by atoms with Crippen molar-refractivity contribution in [3.05, 3.63) is 34.1 Å². The predicted molar refractivity (Wildman–Crippen MR) is 81.3 cm³/mol. The molecular formula is C15H21BrF3NO. The highest BCUT2D eigenvalue weighted by Gasteiger charge is 2.11. The molecule has 1 rings (SSSR count). The molecule has 1 aromatic carbocycles. The fourth-order valence-electron chi connectivity index (χ4n) is 1.97. The fourth-order valence-corrected chi connectivity index (χ4v) is 2.40. The summed E-state index contributed by atoms with van der Waals surface area (Å²) in [6, 6.07) is 5.03. The maximum absolute atomic E-state index is 13.2. The van der Waals surface area contributed by atoms with E-state index in [2.05, 4.69) is 28.2 Å². The molecule has 0 aliphatic heterocycles. The number of nitrogens with one attached hydrogen (secondary N) is 1. The summed E-state index contributed by atoms with van der Waals surface area (Å²) in [5.41, 5.74) is 0.991. The second-order valence-electron chi connectivity index (χ2n) is 4.86. The molecule has 2 nitrogen and oxygen atoms in total. The van der Waals surface area contributed by atoms with Crippen LogP contribution in [0.3, 0.4) is 0 Å². The van der Waals surface area contributed by atoms with Gasteiger partial charge in [-0.05, 0) is 59.4 Å². The van der Waals surface area contributed by atoms with E-state index in [9.17, 15) is 13.2 Å². The third-order valence-corrected chi connectivity index (χ3v) is 3.61. The third-order valence-electron chi connectivity index (χ3n) is 3.00. The first kappa shape index (κ1) is 18.5. The molecule has 0 saturated heterocycles. The van der Waals surface area contributed by atoms with Gasteiger partial charge in [-0.1, -0.05) is 13.0 Å². The standard InChI is InChI=1S/C15H21BrF3NO/c1-2-6-20-12(5-7-21-10-15(18)19)8-11-3-4-14(17)13(16)9-11/h3-4,9,12,15,20H,2,5-8,10H2,1H3. The zero-order valence-corrected chi connectivity index (χ0v) is 13.6. The number of alkyl halides is 2. The maximum Gasteiger partial charge on any atom is 0.261 e. The molecule has 6 heteroatoms. The summed E-state index contributed by atoms with van der Waals surface area (Å²) < 4.78 is 42.6. The molecule has 1 unspecified atom stereocenters. The highest BCUT2D eigenvalue weighted by molar-refractivity contribution is 9.10. The van der Waals surface area contributed by atoms with Gasteiger partial charge in [0.25, 0.3) is 6.43 Å². The quantitative estimate of drug-likeness (QED) is 0.626. The maximum atomic E-state index is 13.2. The van der Waals surface area contributed by atoms with Gasteiger partial charge in [0, 0.05) is 12.6 Å². The summed E-state index contributed by atoms with van der Waals surface area (Å²) in [4.78, 5) is 0. The molecule has 0 heterocycles. The number of hydrogen-bond donors (Lipinski definition) is 1. The van der Waals surface area contributed by atoms with Crippen molar-refractivity contribution in [2.24, 2.45) is 0 Å². The highest BCUT2D eigenvalue weighted by atomic mass is 79.9. The Morgan fingerprint density at radius 3 is 2.71 bits per heavy atom. The second kappa shape index (κ2) is 10.2. The molecule has 1 aromatic rings. The average Bonchev–Trinajstić information content (AvgIpc) is 2.44. The van der Waals surface area contributed by atoms with Crippen LogP contribution in [0.4, 0.5) is 13.2 Å². The van der Waals surface area contributed by atoms with E-state index in [1.54, 1.807) is 12.1 Å². The Balaban J connectivity index is 2.49. The zero-order chi connectivity index (χ0) is 15.7. The first-order valence-electron chi connectivity index (χ1n) is 7.06. The van der Waals surface area contributed by atoms with Crippen molar-refractivity contribution >= 4 is 15.9 Å². The molecule has 0 aromatic heterocycles. The van der Waals surface area contributed by atoms with Gasteiger partial charge in [-0.15, -0.1) is 0 Å². The number of rotatable bonds is 10. The number of halogens is 4. The number of ether oxygens (including phenoxy) is 1. The van der Waals surface area contributed by atoms with E-state index in [1.807, 2.05) is 0 Å². The topological polar surface area (TPSA) is 21.3 Å². The van der Waals surface area contributed by atoms with Crippen LogP contribution in [0.1, 0.15) is 25.3 Å². The van der Waals surface area contributed by atoms with Gasteiger partial charge in [-0.3, -0.25) is 0 Å². The summed E-state index contributed by atoms with van der Waals surface area (Å²) in [6.07, 6.45) is -0.0970. The van der Waals surface area contributed by atoms with Crippen molar-refractivity contribution in [3.63, 3.8) is 0 Å². The van der Waals surface area contributed by atoms with Crippen molar-refractivity contribution in [1.29, 1.82) is 0 Å². The van der Waals surface area contributed by atoms with Crippen LogP contribution in [0.15, 0.2) is 22.7 Å². The first-order chi connectivity index (χ1) is 10.0. The molecule has 0 aliphatic rings. The highest BCUT2D eigenvalue weighted by Crippen LogP contribution is 2.18. The minimum Gasteiger partial charge on any atom is -0.375 e. The molecule has 0 bridgehead atoms. The van der Waals surface area contributed by atoms with Crippen LogP contribution in [-0.4, -0.2) is 32.2 Å². The lowest BCUT2D eigenvalue weighted by Crippen LogP contribution is -2.33. The van der Waals surface area contributed by atoms with Crippen LogP contribution in [-0.2, 0) is 11.2 Å². The molecule has 0 amide bonds. The van der Waals surface area contributed by atoms with Crippen molar-refractivity contribution in [3.8, 4) is 0 Å². The fraction of sp³-hybridized carbons (Fsp3) is 0.600. The van der Waals surface area contributed by atoms with Gasteiger partial charge >= 0.3 is 0 Å². The van der Waals surface area contributed by atoms with Gasteiger partial charge in [-0.2, -0.15) is 0 Å². The van der Waals surface area contributed by atoms with Crippen molar-refractivity contribution in [2.45, 2.75) is 38.7 Å². The van der Waals surface area contributed by atoms with Gasteiger partial charge in [0.1, 0.15) is 12.4 Å². The first-order valence-corrected chi connectivity index (χ1v) is 7.85. The molecule has 1 N–H and O–H groups in total. The van der Waals surface area contributed by atoms with Gasteiger partial charge in [0.05, 0.1) is 4.47 Å². The Morgan fingerprint density at radius 2 is 2.10 bits per heavy atom. The molecule has 0 radical (unpaired) electrons. The van der Waals surface area contributed by atoms with Gasteiger partial charge in [0.2, 0.25) is 0 Å². The van der Waals surface area contributed by atoms with E-state index in [-0.39, 0.29) is 18.5 Å². The van der Waals surface area contributed by atoms with Crippen molar-refractivity contribution in [1.82, 2.24) is 5.32 Å². The summed E-state index contributed by atoms with van der Waals surface area (Å²) in [5.74, 6) is -0.294.